The van der Waals surface area contributed by atoms with Crippen molar-refractivity contribution >= 4 is 6.29 Å². The van der Waals surface area contributed by atoms with E-state index in [1.54, 1.807) is 7.11 Å². The summed E-state index contributed by atoms with van der Waals surface area (Å²) < 4.78 is 5.77. The van der Waals surface area contributed by atoms with Gasteiger partial charge in [-0.2, -0.15) is 0 Å². The molecule has 1 heterocycles. The maximum Gasteiger partial charge on any atom is 0.127 e. The maximum absolute atomic E-state index is 11.1. The van der Waals surface area contributed by atoms with Crippen LogP contribution in [0.4, 0.5) is 0 Å². The van der Waals surface area contributed by atoms with Crippen molar-refractivity contribution in [1.29, 1.82) is 0 Å². The van der Waals surface area contributed by atoms with Gasteiger partial charge in [0.15, 0.2) is 0 Å². The molecule has 3 heteroatoms. The number of piperidine rings is 1. The molecule has 0 aromatic heterocycles. The average Bonchev–Trinajstić information content (AvgIpc) is 2.39. The van der Waals surface area contributed by atoms with E-state index in [-0.39, 0.29) is 17.4 Å². The Balaban J connectivity index is 2.21. The van der Waals surface area contributed by atoms with Gasteiger partial charge in [0.1, 0.15) is 6.29 Å². The molecular formula is C13H19NO2. The third-order valence-electron chi connectivity index (χ3n) is 3.80. The standard InChI is InChI=1S/C13H19NO2/c1-16-13(6-8-14-9-7-13)12-5-3-2-4-11(12)10-15/h2-5,10-12,14H,6-9H2,1H3. The van der Waals surface area contributed by atoms with Crippen molar-refractivity contribution in [3.8, 4) is 0 Å². The number of rotatable bonds is 3. The molecule has 2 rings (SSSR count). The highest BCUT2D eigenvalue weighted by Gasteiger charge is 2.42. The number of hydrogen-bond donors (Lipinski definition) is 1. The zero-order chi connectivity index (χ0) is 11.4. The number of allylic oxidation sites excluding steroid dienone is 3. The lowest BCUT2D eigenvalue weighted by atomic mass is 9.72. The number of carbonyl (C=O) groups excluding carboxylic acids is 1. The highest BCUT2D eigenvalue weighted by atomic mass is 16.5. The fraction of sp³-hybridized carbons (Fsp3) is 0.615. The van der Waals surface area contributed by atoms with Crippen LogP contribution in [0.2, 0.25) is 0 Å². The quantitative estimate of drug-likeness (QED) is 0.730. The first-order valence-electron chi connectivity index (χ1n) is 5.88. The average molecular weight is 221 g/mol. The lowest BCUT2D eigenvalue weighted by Gasteiger charge is -2.43. The molecule has 1 N–H and O–H groups in total. The van der Waals surface area contributed by atoms with Gasteiger partial charge in [0.25, 0.3) is 0 Å². The monoisotopic (exact) mass is 221 g/mol. The molecule has 2 unspecified atom stereocenters. The van der Waals surface area contributed by atoms with Gasteiger partial charge in [-0.3, -0.25) is 0 Å². The smallest absolute Gasteiger partial charge is 0.127 e. The first kappa shape index (κ1) is 11.6. The van der Waals surface area contributed by atoms with E-state index >= 15 is 0 Å². The van der Waals surface area contributed by atoms with E-state index in [9.17, 15) is 4.79 Å². The second-order valence-electron chi connectivity index (χ2n) is 4.53. The van der Waals surface area contributed by atoms with E-state index in [0.29, 0.717) is 0 Å². The molecule has 2 atom stereocenters. The molecule has 0 aromatic rings. The lowest BCUT2D eigenvalue weighted by molar-refractivity contribution is -0.117. The molecule has 0 bridgehead atoms. The Kier molecular flexibility index (Phi) is 3.56. The van der Waals surface area contributed by atoms with Crippen molar-refractivity contribution in [3.63, 3.8) is 0 Å². The van der Waals surface area contributed by atoms with Crippen molar-refractivity contribution in [3.05, 3.63) is 24.3 Å². The fourth-order valence-corrected chi connectivity index (χ4v) is 2.80. The van der Waals surface area contributed by atoms with Gasteiger partial charge in [-0.05, 0) is 25.9 Å². The molecule has 0 amide bonds. The van der Waals surface area contributed by atoms with E-state index in [2.05, 4.69) is 11.4 Å². The van der Waals surface area contributed by atoms with Gasteiger partial charge in [0.2, 0.25) is 0 Å². The molecule has 88 valence electrons. The first-order chi connectivity index (χ1) is 7.82. The zero-order valence-corrected chi connectivity index (χ0v) is 9.69. The van der Waals surface area contributed by atoms with Crippen molar-refractivity contribution in [2.45, 2.75) is 18.4 Å². The SMILES string of the molecule is COC1(C2C=CC=CC2C=O)CCNCC1. The molecule has 0 spiro atoms. The first-order valence-corrected chi connectivity index (χ1v) is 5.88. The van der Waals surface area contributed by atoms with Crippen LogP contribution in [0.1, 0.15) is 12.8 Å². The van der Waals surface area contributed by atoms with Crippen LogP contribution in [-0.4, -0.2) is 32.1 Å². The van der Waals surface area contributed by atoms with Crippen LogP contribution in [0, 0.1) is 11.8 Å². The van der Waals surface area contributed by atoms with Crippen molar-refractivity contribution < 1.29 is 9.53 Å². The number of nitrogens with one attached hydrogen (secondary N) is 1. The van der Waals surface area contributed by atoms with Gasteiger partial charge in [-0.15, -0.1) is 0 Å². The number of methoxy groups -OCH3 is 1. The molecule has 3 nitrogen and oxygen atoms in total. The van der Waals surface area contributed by atoms with Gasteiger partial charge >= 0.3 is 0 Å². The van der Waals surface area contributed by atoms with Crippen molar-refractivity contribution in [2.75, 3.05) is 20.2 Å². The summed E-state index contributed by atoms with van der Waals surface area (Å²) in [5.41, 5.74) is -0.169. The van der Waals surface area contributed by atoms with E-state index in [1.807, 2.05) is 18.2 Å². The van der Waals surface area contributed by atoms with Crippen LogP contribution in [0.5, 0.6) is 0 Å². The summed E-state index contributed by atoms with van der Waals surface area (Å²) in [7, 11) is 1.76. The van der Waals surface area contributed by atoms with Crippen LogP contribution < -0.4 is 5.32 Å². The Labute approximate surface area is 96.6 Å². The van der Waals surface area contributed by atoms with Gasteiger partial charge in [-0.25, -0.2) is 0 Å². The topological polar surface area (TPSA) is 38.3 Å². The maximum atomic E-state index is 11.1. The van der Waals surface area contributed by atoms with Gasteiger partial charge in [-0.1, -0.05) is 24.3 Å². The molecule has 16 heavy (non-hydrogen) atoms. The minimum absolute atomic E-state index is 0.0388. The predicted octanol–water partition coefficient (Wildman–Crippen LogP) is 1.31. The van der Waals surface area contributed by atoms with Gasteiger partial charge in [0, 0.05) is 18.9 Å². The Morgan fingerprint density at radius 2 is 2.00 bits per heavy atom. The number of hydrogen-bond acceptors (Lipinski definition) is 3. The molecule has 1 aliphatic carbocycles. The molecule has 0 aromatic carbocycles. The van der Waals surface area contributed by atoms with E-state index < -0.39 is 0 Å². The van der Waals surface area contributed by atoms with E-state index in [0.717, 1.165) is 32.2 Å². The third kappa shape index (κ3) is 1.97. The Morgan fingerprint density at radius 1 is 1.31 bits per heavy atom. The molecular weight excluding hydrogens is 202 g/mol. The van der Waals surface area contributed by atoms with Crippen LogP contribution >= 0.6 is 0 Å². The van der Waals surface area contributed by atoms with E-state index in [4.69, 9.17) is 4.74 Å². The summed E-state index contributed by atoms with van der Waals surface area (Å²) in [6, 6.07) is 0. The zero-order valence-electron chi connectivity index (χ0n) is 9.69. The normalized spacial score (nSPS) is 32.6. The summed E-state index contributed by atoms with van der Waals surface area (Å²) in [5.74, 6) is 0.144. The minimum atomic E-state index is -0.169. The Hall–Kier alpha value is -0.930. The van der Waals surface area contributed by atoms with Crippen LogP contribution in [0.25, 0.3) is 0 Å². The van der Waals surface area contributed by atoms with E-state index in [1.165, 1.54) is 0 Å². The van der Waals surface area contributed by atoms with Gasteiger partial charge in [0.05, 0.1) is 5.60 Å². The summed E-state index contributed by atoms with van der Waals surface area (Å²) >= 11 is 0. The molecule has 1 saturated heterocycles. The van der Waals surface area contributed by atoms with Crippen LogP contribution in [-0.2, 0) is 9.53 Å². The highest BCUT2D eigenvalue weighted by molar-refractivity contribution is 5.59. The highest BCUT2D eigenvalue weighted by Crippen LogP contribution is 2.38. The summed E-state index contributed by atoms with van der Waals surface area (Å²) in [5, 5.41) is 3.34. The second kappa shape index (κ2) is 4.93. The molecule has 0 saturated carbocycles. The van der Waals surface area contributed by atoms with Crippen molar-refractivity contribution in [2.24, 2.45) is 11.8 Å². The molecule has 0 radical (unpaired) electrons. The third-order valence-corrected chi connectivity index (χ3v) is 3.80. The second-order valence-corrected chi connectivity index (χ2v) is 4.53. The lowest BCUT2D eigenvalue weighted by Crippen LogP contribution is -2.50. The number of carbonyl (C=O) groups is 1. The summed E-state index contributed by atoms with van der Waals surface area (Å²) in [6.07, 6.45) is 11.0. The molecule has 2 aliphatic rings. The van der Waals surface area contributed by atoms with Crippen molar-refractivity contribution in [1.82, 2.24) is 5.32 Å². The largest absolute Gasteiger partial charge is 0.377 e. The summed E-state index contributed by atoms with van der Waals surface area (Å²) in [6.45, 7) is 1.93. The Bertz CT molecular complexity index is 303. The Morgan fingerprint density at radius 3 is 2.62 bits per heavy atom. The number of ether oxygens (including phenoxy) is 1. The van der Waals surface area contributed by atoms with Crippen LogP contribution in [0.3, 0.4) is 0 Å². The number of aldehydes is 1. The molecule has 1 fully saturated rings. The molecule has 1 aliphatic heterocycles. The fourth-order valence-electron chi connectivity index (χ4n) is 2.80. The predicted molar refractivity (Wildman–Crippen MR) is 63.2 cm³/mol. The minimum Gasteiger partial charge on any atom is -0.377 e. The van der Waals surface area contributed by atoms with Crippen LogP contribution in [0.15, 0.2) is 24.3 Å². The summed E-state index contributed by atoms with van der Waals surface area (Å²) in [4.78, 5) is 11.1. The van der Waals surface area contributed by atoms with Gasteiger partial charge < -0.3 is 14.8 Å².